The number of esters is 1. The first-order chi connectivity index (χ1) is 8.65. The molecule has 1 aromatic carbocycles. The number of allylic oxidation sites excluding steroid dienone is 2. The van der Waals surface area contributed by atoms with Crippen molar-refractivity contribution in [2.75, 3.05) is 6.61 Å². The summed E-state index contributed by atoms with van der Waals surface area (Å²) in [6.07, 6.45) is 2.19. The predicted molar refractivity (Wildman–Crippen MR) is 72.2 cm³/mol. The fourth-order valence-corrected chi connectivity index (χ4v) is 2.57. The molecule has 1 saturated carbocycles. The third kappa shape index (κ3) is 2.63. The van der Waals surface area contributed by atoms with Gasteiger partial charge in [0.25, 0.3) is 0 Å². The minimum absolute atomic E-state index is 0.00208. The Balaban J connectivity index is 2.18. The van der Waals surface area contributed by atoms with Crippen LogP contribution < -0.4 is 0 Å². The fraction of sp³-hybridized carbons (Fsp3) is 0.438. The van der Waals surface area contributed by atoms with Crippen LogP contribution in [0.3, 0.4) is 0 Å². The van der Waals surface area contributed by atoms with Gasteiger partial charge in [0.15, 0.2) is 0 Å². The molecule has 1 fully saturated rings. The molecule has 1 aliphatic carbocycles. The Morgan fingerprint density at radius 3 is 2.50 bits per heavy atom. The van der Waals surface area contributed by atoms with Crippen LogP contribution in [0, 0.1) is 11.8 Å². The second-order valence-corrected chi connectivity index (χ2v) is 5.04. The Hall–Kier alpha value is -1.57. The highest BCUT2D eigenvalue weighted by Crippen LogP contribution is 2.55. The van der Waals surface area contributed by atoms with Crippen LogP contribution in [0.1, 0.15) is 32.3 Å². The smallest absolute Gasteiger partial charge is 0.310 e. The molecular weight excluding hydrogens is 224 g/mol. The number of carbonyl (C=O) groups is 1. The molecule has 1 aromatic rings. The van der Waals surface area contributed by atoms with Gasteiger partial charge in [-0.1, -0.05) is 42.0 Å². The average molecular weight is 244 g/mol. The zero-order valence-electron chi connectivity index (χ0n) is 11.2. The van der Waals surface area contributed by atoms with Crippen LogP contribution in [0.25, 0.3) is 0 Å². The second-order valence-electron chi connectivity index (χ2n) is 5.04. The zero-order valence-corrected chi connectivity index (χ0v) is 11.2. The minimum atomic E-state index is -0.0612. The van der Waals surface area contributed by atoms with E-state index < -0.39 is 0 Å². The molecular formula is C16H20O2. The second kappa shape index (κ2) is 5.38. The molecule has 2 heteroatoms. The largest absolute Gasteiger partial charge is 0.466 e. The van der Waals surface area contributed by atoms with E-state index in [9.17, 15) is 4.79 Å². The topological polar surface area (TPSA) is 26.3 Å². The SMILES string of the molecule is CCOC(=O)C1C(C=C(C)C)C1c1ccccc1. The lowest BCUT2D eigenvalue weighted by atomic mass is 10.1. The van der Waals surface area contributed by atoms with Gasteiger partial charge in [0.05, 0.1) is 12.5 Å². The van der Waals surface area contributed by atoms with E-state index in [1.165, 1.54) is 11.1 Å². The van der Waals surface area contributed by atoms with Crippen molar-refractivity contribution in [3.05, 3.63) is 47.5 Å². The highest BCUT2D eigenvalue weighted by molar-refractivity contribution is 5.79. The van der Waals surface area contributed by atoms with E-state index >= 15 is 0 Å². The first kappa shape index (κ1) is 12.9. The average Bonchev–Trinajstić information content (AvgIpc) is 3.03. The molecule has 0 aliphatic heterocycles. The molecule has 18 heavy (non-hydrogen) atoms. The first-order valence-corrected chi connectivity index (χ1v) is 6.51. The molecule has 0 radical (unpaired) electrons. The monoisotopic (exact) mass is 244 g/mol. The molecule has 0 aromatic heterocycles. The summed E-state index contributed by atoms with van der Waals surface area (Å²) < 4.78 is 5.16. The standard InChI is InChI=1S/C16H20O2/c1-4-18-16(17)15-13(10-11(2)3)14(15)12-8-6-5-7-9-12/h5-10,13-15H,4H2,1-3H3. The van der Waals surface area contributed by atoms with Gasteiger partial charge in [0.1, 0.15) is 0 Å². The van der Waals surface area contributed by atoms with E-state index in [2.05, 4.69) is 32.1 Å². The van der Waals surface area contributed by atoms with Gasteiger partial charge >= 0.3 is 5.97 Å². The van der Waals surface area contributed by atoms with E-state index in [4.69, 9.17) is 4.74 Å². The highest BCUT2D eigenvalue weighted by atomic mass is 16.5. The lowest BCUT2D eigenvalue weighted by Crippen LogP contribution is -2.08. The molecule has 0 amide bonds. The summed E-state index contributed by atoms with van der Waals surface area (Å²) >= 11 is 0. The zero-order chi connectivity index (χ0) is 13.1. The van der Waals surface area contributed by atoms with Crippen LogP contribution in [-0.2, 0) is 9.53 Å². The summed E-state index contributed by atoms with van der Waals surface area (Å²) in [5, 5.41) is 0. The fourth-order valence-electron chi connectivity index (χ4n) is 2.57. The summed E-state index contributed by atoms with van der Waals surface area (Å²) in [6.45, 7) is 6.46. The van der Waals surface area contributed by atoms with E-state index in [1.54, 1.807) is 0 Å². The molecule has 0 spiro atoms. The summed E-state index contributed by atoms with van der Waals surface area (Å²) in [5.74, 6) is 0.535. The number of ether oxygens (including phenoxy) is 1. The molecule has 0 bridgehead atoms. The first-order valence-electron chi connectivity index (χ1n) is 6.51. The molecule has 3 unspecified atom stereocenters. The van der Waals surface area contributed by atoms with Crippen molar-refractivity contribution in [3.63, 3.8) is 0 Å². The van der Waals surface area contributed by atoms with Crippen molar-refractivity contribution >= 4 is 5.97 Å². The summed E-state index contributed by atoms with van der Waals surface area (Å²) in [4.78, 5) is 11.9. The van der Waals surface area contributed by atoms with Gasteiger partial charge in [0, 0.05) is 5.92 Å². The van der Waals surface area contributed by atoms with Crippen LogP contribution in [0.5, 0.6) is 0 Å². The maximum Gasteiger partial charge on any atom is 0.310 e. The Morgan fingerprint density at radius 2 is 1.94 bits per heavy atom. The van der Waals surface area contributed by atoms with Crippen LogP contribution in [0.15, 0.2) is 42.0 Å². The molecule has 2 nitrogen and oxygen atoms in total. The maximum absolute atomic E-state index is 11.9. The Kier molecular flexibility index (Phi) is 3.85. The van der Waals surface area contributed by atoms with Crippen molar-refractivity contribution in [2.45, 2.75) is 26.7 Å². The number of benzene rings is 1. The Bertz CT molecular complexity index is 443. The Labute approximate surface area is 109 Å². The number of rotatable bonds is 4. The van der Waals surface area contributed by atoms with Gasteiger partial charge in [-0.2, -0.15) is 0 Å². The molecule has 0 saturated heterocycles. The van der Waals surface area contributed by atoms with Gasteiger partial charge in [-0.25, -0.2) is 0 Å². The van der Waals surface area contributed by atoms with Crippen LogP contribution in [0.2, 0.25) is 0 Å². The van der Waals surface area contributed by atoms with Crippen molar-refractivity contribution in [1.29, 1.82) is 0 Å². The van der Waals surface area contributed by atoms with E-state index in [0.29, 0.717) is 18.4 Å². The number of hydrogen-bond acceptors (Lipinski definition) is 2. The third-order valence-corrected chi connectivity index (χ3v) is 3.34. The molecule has 2 rings (SSSR count). The van der Waals surface area contributed by atoms with Crippen LogP contribution in [0.4, 0.5) is 0 Å². The maximum atomic E-state index is 11.9. The van der Waals surface area contributed by atoms with Crippen molar-refractivity contribution < 1.29 is 9.53 Å². The van der Waals surface area contributed by atoms with E-state index in [0.717, 1.165) is 0 Å². The molecule has 1 aliphatic rings. The third-order valence-electron chi connectivity index (χ3n) is 3.34. The molecule has 0 heterocycles. The van der Waals surface area contributed by atoms with Gasteiger partial charge in [-0.15, -0.1) is 0 Å². The van der Waals surface area contributed by atoms with E-state index in [1.807, 2.05) is 25.1 Å². The summed E-state index contributed by atoms with van der Waals surface area (Å²) in [7, 11) is 0. The summed E-state index contributed by atoms with van der Waals surface area (Å²) in [5.41, 5.74) is 2.49. The van der Waals surface area contributed by atoms with E-state index in [-0.39, 0.29) is 11.9 Å². The van der Waals surface area contributed by atoms with Crippen molar-refractivity contribution in [2.24, 2.45) is 11.8 Å². The molecule has 3 atom stereocenters. The lowest BCUT2D eigenvalue weighted by molar-refractivity contribution is -0.145. The highest BCUT2D eigenvalue weighted by Gasteiger charge is 2.54. The van der Waals surface area contributed by atoms with Gasteiger partial charge in [0.2, 0.25) is 0 Å². The van der Waals surface area contributed by atoms with Crippen molar-refractivity contribution in [3.8, 4) is 0 Å². The quantitative estimate of drug-likeness (QED) is 0.598. The molecule has 96 valence electrons. The number of carbonyl (C=O) groups excluding carboxylic acids is 1. The lowest BCUT2D eigenvalue weighted by Gasteiger charge is -2.00. The predicted octanol–water partition coefficient (Wildman–Crippen LogP) is 3.55. The number of hydrogen-bond donors (Lipinski definition) is 0. The van der Waals surface area contributed by atoms with Gasteiger partial charge in [-0.3, -0.25) is 4.79 Å². The van der Waals surface area contributed by atoms with Crippen LogP contribution >= 0.6 is 0 Å². The Morgan fingerprint density at radius 1 is 1.28 bits per heavy atom. The van der Waals surface area contributed by atoms with Crippen molar-refractivity contribution in [1.82, 2.24) is 0 Å². The summed E-state index contributed by atoms with van der Waals surface area (Å²) in [6, 6.07) is 10.2. The van der Waals surface area contributed by atoms with Gasteiger partial charge < -0.3 is 4.74 Å². The molecule has 0 N–H and O–H groups in total. The van der Waals surface area contributed by atoms with Gasteiger partial charge in [-0.05, 0) is 32.3 Å². The minimum Gasteiger partial charge on any atom is -0.466 e. The normalized spacial score (nSPS) is 25.4. The van der Waals surface area contributed by atoms with Crippen LogP contribution in [-0.4, -0.2) is 12.6 Å².